The minimum Gasteiger partial charge on any atom is -0.494 e. The largest absolute Gasteiger partial charge is 0.494 e. The molecule has 0 aliphatic heterocycles. The number of rotatable bonds is 9. The molecule has 0 N–H and O–H groups in total. The molecule has 0 aliphatic rings. The van der Waals surface area contributed by atoms with Gasteiger partial charge >= 0.3 is 6.18 Å². The molecule has 0 unspecified atom stereocenters. The van der Waals surface area contributed by atoms with Gasteiger partial charge in [0.25, 0.3) is 5.56 Å². The highest BCUT2D eigenvalue weighted by Gasteiger charge is 2.34. The van der Waals surface area contributed by atoms with Crippen molar-refractivity contribution in [1.82, 2.24) is 29.0 Å². The maximum Gasteiger partial charge on any atom is 0.434 e. The fourth-order valence-corrected chi connectivity index (χ4v) is 4.65. The normalized spacial score (nSPS) is 12.3. The van der Waals surface area contributed by atoms with Gasteiger partial charge in [-0.15, -0.1) is 0 Å². The van der Waals surface area contributed by atoms with Crippen molar-refractivity contribution in [2.45, 2.75) is 39.2 Å². The molecule has 0 saturated heterocycles. The van der Waals surface area contributed by atoms with Gasteiger partial charge < -0.3 is 14.2 Å². The number of benzene rings is 2. The quantitative estimate of drug-likeness (QED) is 0.240. The van der Waals surface area contributed by atoms with Crippen molar-refractivity contribution in [2.24, 2.45) is 0 Å². The van der Waals surface area contributed by atoms with E-state index in [1.54, 1.807) is 80.0 Å². The van der Waals surface area contributed by atoms with Crippen LogP contribution in [0.4, 0.5) is 13.2 Å². The molecule has 0 fully saturated rings. The first-order chi connectivity index (χ1) is 20.2. The molecule has 3 aromatic heterocycles. The second kappa shape index (κ2) is 11.9. The Hall–Kier alpha value is -5.00. The van der Waals surface area contributed by atoms with Gasteiger partial charge in [0, 0.05) is 25.1 Å². The molecule has 1 atom stereocenters. The summed E-state index contributed by atoms with van der Waals surface area (Å²) in [6.07, 6.45) is 0.309. The minimum absolute atomic E-state index is 0.0701. The third-order valence-electron chi connectivity index (χ3n) is 6.69. The van der Waals surface area contributed by atoms with Crippen molar-refractivity contribution >= 4 is 16.8 Å². The molecule has 2 aromatic carbocycles. The van der Waals surface area contributed by atoms with E-state index < -0.39 is 30.4 Å². The molecule has 1 amide bonds. The van der Waals surface area contributed by atoms with Gasteiger partial charge in [-0.25, -0.2) is 9.97 Å². The number of carbonyl (C=O) groups excluding carboxylic acids is 1. The fraction of sp³-hybridized carbons (Fsp3) is 0.233. The molecule has 0 radical (unpaired) electrons. The number of hydrogen-bond acceptors (Lipinski definition) is 6. The molecule has 5 aromatic rings. The Morgan fingerprint density at radius 3 is 2.50 bits per heavy atom. The average Bonchev–Trinajstić information content (AvgIpc) is 3.46. The second-order valence-corrected chi connectivity index (χ2v) is 9.54. The molecular formula is C30H27F3N6O3. The Balaban J connectivity index is 1.60. The van der Waals surface area contributed by atoms with Gasteiger partial charge in [-0.1, -0.05) is 18.2 Å². The lowest BCUT2D eigenvalue weighted by molar-refractivity contribution is -0.141. The molecule has 0 bridgehead atoms. The Kier molecular flexibility index (Phi) is 8.05. The van der Waals surface area contributed by atoms with E-state index in [2.05, 4.69) is 9.97 Å². The first kappa shape index (κ1) is 28.5. The third kappa shape index (κ3) is 6.02. The molecule has 3 heterocycles. The Labute approximate surface area is 238 Å². The number of ether oxygens (including phenoxy) is 1. The highest BCUT2D eigenvalue weighted by molar-refractivity contribution is 5.79. The standard InChI is InChI=1S/C30H27F3N6O3/c1-3-42-23-12-10-22(11-13-23)39-28(36-25-9-5-4-8-24(25)29(39)41)20(2)38(16-21-7-6-14-34-15-21)27(40)18-37-17-26(35-19-37)30(31,32)33/h4-15,17,19-20H,3,16,18H2,1-2H3/t20-/m1/s1. The number of hydrogen-bond donors (Lipinski definition) is 0. The summed E-state index contributed by atoms with van der Waals surface area (Å²) in [5, 5.41) is 0.394. The van der Waals surface area contributed by atoms with Crippen molar-refractivity contribution in [3.8, 4) is 11.4 Å². The lowest BCUT2D eigenvalue weighted by Crippen LogP contribution is -2.38. The van der Waals surface area contributed by atoms with Gasteiger partial charge in [-0.05, 0) is 61.9 Å². The first-order valence-electron chi connectivity index (χ1n) is 13.2. The van der Waals surface area contributed by atoms with Crippen LogP contribution < -0.4 is 10.3 Å². The predicted octanol–water partition coefficient (Wildman–Crippen LogP) is 5.18. The van der Waals surface area contributed by atoms with Crippen molar-refractivity contribution in [3.05, 3.63) is 113 Å². The van der Waals surface area contributed by atoms with Crippen LogP contribution in [0.25, 0.3) is 16.6 Å². The number of halogens is 3. The van der Waals surface area contributed by atoms with E-state index in [4.69, 9.17) is 9.72 Å². The van der Waals surface area contributed by atoms with Crippen molar-refractivity contribution in [3.63, 3.8) is 0 Å². The Bertz CT molecular complexity index is 1750. The van der Waals surface area contributed by atoms with Crippen LogP contribution in [-0.2, 0) is 24.1 Å². The maximum atomic E-state index is 13.9. The number of alkyl halides is 3. The van der Waals surface area contributed by atoms with Gasteiger partial charge in [0.15, 0.2) is 5.69 Å². The van der Waals surface area contributed by atoms with Crippen LogP contribution in [0.15, 0.2) is 90.4 Å². The fourth-order valence-electron chi connectivity index (χ4n) is 4.65. The molecule has 216 valence electrons. The van der Waals surface area contributed by atoms with Crippen LogP contribution in [0.2, 0.25) is 0 Å². The zero-order valence-corrected chi connectivity index (χ0v) is 22.8. The molecule has 0 aliphatic carbocycles. The average molecular weight is 577 g/mol. The topological polar surface area (TPSA) is 95.1 Å². The van der Waals surface area contributed by atoms with Crippen molar-refractivity contribution < 1.29 is 22.7 Å². The van der Waals surface area contributed by atoms with Gasteiger partial charge in [-0.3, -0.25) is 19.1 Å². The van der Waals surface area contributed by atoms with Crippen LogP contribution in [-0.4, -0.2) is 41.5 Å². The number of fused-ring (bicyclic) bond motifs is 1. The minimum atomic E-state index is -4.64. The van der Waals surface area contributed by atoms with Crippen LogP contribution in [0.3, 0.4) is 0 Å². The number of para-hydroxylation sites is 1. The predicted molar refractivity (Wildman–Crippen MR) is 149 cm³/mol. The van der Waals surface area contributed by atoms with Crippen LogP contribution in [0.5, 0.6) is 5.75 Å². The summed E-state index contributed by atoms with van der Waals surface area (Å²) < 4.78 is 47.5. The molecule has 9 nitrogen and oxygen atoms in total. The number of aromatic nitrogens is 5. The van der Waals surface area contributed by atoms with Crippen LogP contribution >= 0.6 is 0 Å². The summed E-state index contributed by atoms with van der Waals surface area (Å²) in [5.74, 6) is 0.407. The second-order valence-electron chi connectivity index (χ2n) is 9.54. The van der Waals surface area contributed by atoms with Gasteiger partial charge in [-0.2, -0.15) is 13.2 Å². The summed E-state index contributed by atoms with van der Waals surface area (Å²) in [7, 11) is 0. The number of carbonyl (C=O) groups is 1. The summed E-state index contributed by atoms with van der Waals surface area (Å²) >= 11 is 0. The molecule has 0 saturated carbocycles. The first-order valence-corrected chi connectivity index (χ1v) is 13.2. The molecule has 42 heavy (non-hydrogen) atoms. The highest BCUT2D eigenvalue weighted by Crippen LogP contribution is 2.28. The number of amides is 1. The zero-order chi connectivity index (χ0) is 29.9. The number of nitrogens with zero attached hydrogens (tertiary/aromatic N) is 6. The SMILES string of the molecule is CCOc1ccc(-n2c([C@@H](C)N(Cc3cccnc3)C(=O)Cn3cnc(C(F)(F)F)c3)nc3ccccc3c2=O)cc1. The third-order valence-corrected chi connectivity index (χ3v) is 6.69. The molecule has 0 spiro atoms. The summed E-state index contributed by atoms with van der Waals surface area (Å²) in [5.41, 5.74) is 0.231. The van der Waals surface area contributed by atoms with Gasteiger partial charge in [0.1, 0.15) is 18.1 Å². The van der Waals surface area contributed by atoms with E-state index in [1.165, 1.54) is 9.47 Å². The van der Waals surface area contributed by atoms with Crippen molar-refractivity contribution in [2.75, 3.05) is 6.61 Å². The monoisotopic (exact) mass is 576 g/mol. The van der Waals surface area contributed by atoms with E-state index in [1.807, 2.05) is 6.92 Å². The summed E-state index contributed by atoms with van der Waals surface area (Å²) in [4.78, 5) is 41.4. The zero-order valence-electron chi connectivity index (χ0n) is 22.8. The Morgan fingerprint density at radius 1 is 1.07 bits per heavy atom. The summed E-state index contributed by atoms with van der Waals surface area (Å²) in [6, 6.07) is 16.6. The molecule has 12 heteroatoms. The lowest BCUT2D eigenvalue weighted by atomic mass is 10.1. The van der Waals surface area contributed by atoms with E-state index in [9.17, 15) is 22.8 Å². The molecular weight excluding hydrogens is 549 g/mol. The van der Waals surface area contributed by atoms with Crippen LogP contribution in [0, 0.1) is 0 Å². The van der Waals surface area contributed by atoms with Crippen LogP contribution in [0.1, 0.15) is 37.0 Å². The number of imidazole rings is 1. The van der Waals surface area contributed by atoms with E-state index >= 15 is 0 Å². The van der Waals surface area contributed by atoms with Gasteiger partial charge in [0.05, 0.1) is 35.6 Å². The maximum absolute atomic E-state index is 13.9. The lowest BCUT2D eigenvalue weighted by Gasteiger charge is -2.31. The van der Waals surface area contributed by atoms with Crippen molar-refractivity contribution in [1.29, 1.82) is 0 Å². The smallest absolute Gasteiger partial charge is 0.434 e. The Morgan fingerprint density at radius 2 is 1.83 bits per heavy atom. The molecule has 5 rings (SSSR count). The highest BCUT2D eigenvalue weighted by atomic mass is 19.4. The van der Waals surface area contributed by atoms with Gasteiger partial charge in [0.2, 0.25) is 5.91 Å². The number of pyridine rings is 1. The van der Waals surface area contributed by atoms with E-state index in [-0.39, 0.29) is 17.9 Å². The van der Waals surface area contributed by atoms with E-state index in [0.29, 0.717) is 34.5 Å². The van der Waals surface area contributed by atoms with E-state index in [0.717, 1.165) is 17.1 Å². The summed E-state index contributed by atoms with van der Waals surface area (Å²) in [6.45, 7) is 3.74.